The smallest absolute Gasteiger partial charge is 0.336 e. The van der Waals surface area contributed by atoms with E-state index < -0.39 is 5.63 Å². The Balaban J connectivity index is 1.42. The first-order valence-corrected chi connectivity index (χ1v) is 10.4. The molecule has 1 amide bonds. The Labute approximate surface area is 184 Å². The minimum absolute atomic E-state index is 0.162. The molecule has 3 aromatic rings. The Hall–Kier alpha value is -3.68. The molecule has 8 nitrogen and oxygen atoms in total. The van der Waals surface area contributed by atoms with Crippen LogP contribution in [0.3, 0.4) is 0 Å². The van der Waals surface area contributed by atoms with Crippen molar-refractivity contribution in [3.05, 3.63) is 51.9 Å². The molecule has 0 saturated heterocycles. The summed E-state index contributed by atoms with van der Waals surface area (Å²) < 4.78 is 28.2. The van der Waals surface area contributed by atoms with Crippen LogP contribution in [-0.4, -0.2) is 24.9 Å². The minimum Gasteiger partial charge on any atom is -0.487 e. The Morgan fingerprint density at radius 3 is 2.78 bits per heavy atom. The summed E-state index contributed by atoms with van der Waals surface area (Å²) in [6.07, 6.45) is 1.51. The fourth-order valence-electron chi connectivity index (χ4n) is 4.05. The summed E-state index contributed by atoms with van der Waals surface area (Å²) in [5.41, 5.74) is 1.81. The Bertz CT molecular complexity index is 1290. The van der Waals surface area contributed by atoms with E-state index >= 15 is 0 Å². The molecule has 0 saturated carbocycles. The molecule has 0 unspecified atom stereocenters. The largest absolute Gasteiger partial charge is 0.487 e. The van der Waals surface area contributed by atoms with Gasteiger partial charge in [0.25, 0.3) is 5.91 Å². The van der Waals surface area contributed by atoms with E-state index in [1.165, 1.54) is 6.07 Å². The lowest BCUT2D eigenvalue weighted by molar-refractivity contribution is -0.118. The van der Waals surface area contributed by atoms with E-state index in [1.807, 2.05) is 20.8 Å². The van der Waals surface area contributed by atoms with Crippen molar-refractivity contribution in [2.24, 2.45) is 0 Å². The lowest BCUT2D eigenvalue weighted by Crippen LogP contribution is -2.32. The summed E-state index contributed by atoms with van der Waals surface area (Å²) >= 11 is 0. The van der Waals surface area contributed by atoms with Crippen molar-refractivity contribution in [2.45, 2.75) is 39.2 Å². The summed E-state index contributed by atoms with van der Waals surface area (Å²) in [6, 6.07) is 8.36. The molecule has 0 atom stereocenters. The molecule has 8 heteroatoms. The van der Waals surface area contributed by atoms with Gasteiger partial charge in [0.05, 0.1) is 5.39 Å². The van der Waals surface area contributed by atoms with Crippen LogP contribution in [0, 0.1) is 6.92 Å². The summed E-state index contributed by atoms with van der Waals surface area (Å²) in [6.45, 7) is 5.76. The minimum atomic E-state index is -0.431. The number of nitrogens with one attached hydrogen (secondary N) is 1. The van der Waals surface area contributed by atoms with Gasteiger partial charge in [-0.05, 0) is 51.3 Å². The summed E-state index contributed by atoms with van der Waals surface area (Å²) in [5, 5.41) is 3.45. The molecular formula is C24H23NO7. The van der Waals surface area contributed by atoms with Gasteiger partial charge in [-0.2, -0.15) is 0 Å². The average Bonchev–Trinajstić information content (AvgIpc) is 3.18. The average molecular weight is 437 g/mol. The fraction of sp³-hybridized carbons (Fsp3) is 0.333. The normalized spacial score (nSPS) is 15.7. The molecule has 166 valence electrons. The summed E-state index contributed by atoms with van der Waals surface area (Å²) in [4.78, 5) is 24.6. The standard InChI is InChI=1S/C24H23NO7/c1-13-8-21(27)31-23-15-6-7-24(2,3)32-17(15)10-19(22(13)23)28-11-20(26)25-14-4-5-16-18(9-14)30-12-29-16/h4-5,8-10H,6-7,11-12H2,1-3H3,(H,25,26). The maximum absolute atomic E-state index is 12.5. The van der Waals surface area contributed by atoms with Crippen molar-refractivity contribution in [1.82, 2.24) is 0 Å². The predicted molar refractivity (Wildman–Crippen MR) is 117 cm³/mol. The zero-order valence-corrected chi connectivity index (χ0v) is 18.1. The second-order valence-corrected chi connectivity index (χ2v) is 8.57. The Morgan fingerprint density at radius 1 is 1.12 bits per heavy atom. The molecule has 2 aliphatic heterocycles. The molecule has 2 aromatic carbocycles. The van der Waals surface area contributed by atoms with Crippen LogP contribution in [0.4, 0.5) is 5.69 Å². The number of fused-ring (bicyclic) bond motifs is 4. The van der Waals surface area contributed by atoms with Gasteiger partial charge < -0.3 is 28.7 Å². The number of rotatable bonds is 4. The van der Waals surface area contributed by atoms with Crippen LogP contribution in [0.15, 0.2) is 39.5 Å². The van der Waals surface area contributed by atoms with Gasteiger partial charge in [-0.3, -0.25) is 4.79 Å². The molecule has 0 aliphatic carbocycles. The van der Waals surface area contributed by atoms with Crippen molar-refractivity contribution in [3.63, 3.8) is 0 Å². The third-order valence-corrected chi connectivity index (χ3v) is 5.62. The van der Waals surface area contributed by atoms with Crippen LogP contribution in [0.25, 0.3) is 11.0 Å². The van der Waals surface area contributed by atoms with Gasteiger partial charge in [-0.15, -0.1) is 0 Å². The quantitative estimate of drug-likeness (QED) is 0.618. The fourth-order valence-corrected chi connectivity index (χ4v) is 4.05. The second kappa shape index (κ2) is 7.47. The molecule has 1 aromatic heterocycles. The van der Waals surface area contributed by atoms with Gasteiger partial charge in [0.1, 0.15) is 22.7 Å². The second-order valence-electron chi connectivity index (χ2n) is 8.57. The predicted octanol–water partition coefficient (Wildman–Crippen LogP) is 3.95. The monoisotopic (exact) mass is 437 g/mol. The number of anilines is 1. The molecular weight excluding hydrogens is 414 g/mol. The van der Waals surface area contributed by atoms with Crippen LogP contribution in [0.1, 0.15) is 31.4 Å². The molecule has 2 aliphatic rings. The lowest BCUT2D eigenvalue weighted by Gasteiger charge is -2.33. The first-order valence-electron chi connectivity index (χ1n) is 10.4. The van der Waals surface area contributed by atoms with Gasteiger partial charge in [0, 0.05) is 29.4 Å². The molecule has 0 spiro atoms. The summed E-state index contributed by atoms with van der Waals surface area (Å²) in [5.74, 6) is 1.91. The van der Waals surface area contributed by atoms with Gasteiger partial charge in [-0.1, -0.05) is 0 Å². The SMILES string of the molecule is Cc1cc(=O)oc2c3c(cc(OCC(=O)Nc4ccc5c(c4)OCO5)c12)OC(C)(C)CC3. The maximum Gasteiger partial charge on any atom is 0.336 e. The highest BCUT2D eigenvalue weighted by molar-refractivity contribution is 5.94. The van der Waals surface area contributed by atoms with Crippen molar-refractivity contribution in [2.75, 3.05) is 18.7 Å². The van der Waals surface area contributed by atoms with Crippen molar-refractivity contribution in [1.29, 1.82) is 0 Å². The summed E-state index contributed by atoms with van der Waals surface area (Å²) in [7, 11) is 0. The number of ether oxygens (including phenoxy) is 4. The van der Waals surface area contributed by atoms with E-state index in [2.05, 4.69) is 5.32 Å². The van der Waals surface area contributed by atoms with E-state index in [9.17, 15) is 9.59 Å². The molecule has 5 rings (SSSR count). The van der Waals surface area contributed by atoms with Crippen LogP contribution in [-0.2, 0) is 11.2 Å². The number of carbonyl (C=O) groups excluding carboxylic acids is 1. The van der Waals surface area contributed by atoms with Crippen LogP contribution in [0.5, 0.6) is 23.0 Å². The number of amides is 1. The third kappa shape index (κ3) is 3.72. The van der Waals surface area contributed by atoms with Gasteiger partial charge in [0.2, 0.25) is 6.79 Å². The van der Waals surface area contributed by atoms with E-state index in [1.54, 1.807) is 24.3 Å². The van der Waals surface area contributed by atoms with Crippen LogP contribution >= 0.6 is 0 Å². The molecule has 3 heterocycles. The highest BCUT2D eigenvalue weighted by Gasteiger charge is 2.30. The first kappa shape index (κ1) is 20.2. The third-order valence-electron chi connectivity index (χ3n) is 5.62. The zero-order valence-electron chi connectivity index (χ0n) is 18.1. The zero-order chi connectivity index (χ0) is 22.5. The van der Waals surface area contributed by atoms with E-state index in [0.717, 1.165) is 24.0 Å². The lowest BCUT2D eigenvalue weighted by atomic mass is 9.92. The number of benzene rings is 2. The van der Waals surface area contributed by atoms with Gasteiger partial charge >= 0.3 is 5.63 Å². The van der Waals surface area contributed by atoms with Crippen molar-refractivity contribution in [3.8, 4) is 23.0 Å². The van der Waals surface area contributed by atoms with Crippen LogP contribution in [0.2, 0.25) is 0 Å². The number of aryl methyl sites for hydroxylation is 2. The molecule has 0 fully saturated rings. The molecule has 1 N–H and O–H groups in total. The van der Waals surface area contributed by atoms with E-state index in [4.69, 9.17) is 23.4 Å². The van der Waals surface area contributed by atoms with E-state index in [-0.39, 0.29) is 24.9 Å². The molecule has 0 bridgehead atoms. The van der Waals surface area contributed by atoms with Gasteiger partial charge in [0.15, 0.2) is 18.1 Å². The number of carbonyl (C=O) groups is 1. The Morgan fingerprint density at radius 2 is 1.94 bits per heavy atom. The van der Waals surface area contributed by atoms with Crippen LogP contribution < -0.4 is 29.9 Å². The maximum atomic E-state index is 12.5. The van der Waals surface area contributed by atoms with Gasteiger partial charge in [-0.25, -0.2) is 4.79 Å². The molecule has 0 radical (unpaired) electrons. The highest BCUT2D eigenvalue weighted by Crippen LogP contribution is 2.42. The first-order chi connectivity index (χ1) is 15.3. The van der Waals surface area contributed by atoms with Crippen molar-refractivity contribution >= 4 is 22.6 Å². The van der Waals surface area contributed by atoms with Crippen molar-refractivity contribution < 1.29 is 28.2 Å². The highest BCUT2D eigenvalue weighted by atomic mass is 16.7. The molecule has 32 heavy (non-hydrogen) atoms. The Kier molecular flexibility index (Phi) is 4.73. The number of hydrogen-bond acceptors (Lipinski definition) is 7. The number of hydrogen-bond donors (Lipinski definition) is 1. The topological polar surface area (TPSA) is 96.2 Å². The van der Waals surface area contributed by atoms with E-state index in [0.29, 0.717) is 39.7 Å².